The van der Waals surface area contributed by atoms with E-state index in [9.17, 15) is 0 Å². The van der Waals surface area contributed by atoms with Crippen LogP contribution in [0, 0.1) is 25.2 Å². The van der Waals surface area contributed by atoms with E-state index >= 15 is 0 Å². The lowest BCUT2D eigenvalue weighted by Crippen LogP contribution is -2.20. The molecule has 0 heterocycles. The number of nitrogens with one attached hydrogen (secondary N) is 1. The van der Waals surface area contributed by atoms with Gasteiger partial charge in [-0.3, -0.25) is 0 Å². The SMILES string of the molecule is CNC(c1ccc(C)c(C)c1)C1CC1(C)C. The van der Waals surface area contributed by atoms with Gasteiger partial charge in [-0.15, -0.1) is 0 Å². The minimum absolute atomic E-state index is 0.520. The second-order valence-electron chi connectivity index (χ2n) is 5.91. The van der Waals surface area contributed by atoms with Gasteiger partial charge in [0.1, 0.15) is 0 Å². The summed E-state index contributed by atoms with van der Waals surface area (Å²) in [6.45, 7) is 9.10. The highest BCUT2D eigenvalue weighted by Crippen LogP contribution is 2.57. The molecule has 88 valence electrons. The Morgan fingerprint density at radius 3 is 2.31 bits per heavy atom. The first-order valence-corrected chi connectivity index (χ1v) is 6.20. The third kappa shape index (κ3) is 2.01. The second-order valence-corrected chi connectivity index (χ2v) is 5.91. The molecule has 1 aromatic rings. The van der Waals surface area contributed by atoms with Crippen LogP contribution in [0.15, 0.2) is 18.2 Å². The van der Waals surface area contributed by atoms with Gasteiger partial charge in [-0.1, -0.05) is 32.0 Å². The van der Waals surface area contributed by atoms with E-state index in [2.05, 4.69) is 58.3 Å². The third-order valence-corrected chi connectivity index (χ3v) is 4.19. The quantitative estimate of drug-likeness (QED) is 0.815. The van der Waals surface area contributed by atoms with Crippen LogP contribution in [0.25, 0.3) is 0 Å². The molecule has 1 nitrogen and oxygen atoms in total. The molecule has 2 unspecified atom stereocenters. The third-order valence-electron chi connectivity index (χ3n) is 4.19. The van der Waals surface area contributed by atoms with Gasteiger partial charge in [0.2, 0.25) is 0 Å². The summed E-state index contributed by atoms with van der Waals surface area (Å²) in [5.41, 5.74) is 4.75. The average Bonchev–Trinajstić information content (AvgIpc) is 2.82. The van der Waals surface area contributed by atoms with Crippen LogP contribution in [0.5, 0.6) is 0 Å². The number of hydrogen-bond donors (Lipinski definition) is 1. The van der Waals surface area contributed by atoms with Gasteiger partial charge >= 0.3 is 0 Å². The molecule has 0 aromatic heterocycles. The zero-order chi connectivity index (χ0) is 11.9. The lowest BCUT2D eigenvalue weighted by Gasteiger charge is -2.19. The van der Waals surface area contributed by atoms with Gasteiger partial charge < -0.3 is 5.32 Å². The Hall–Kier alpha value is -0.820. The van der Waals surface area contributed by atoms with E-state index in [0.717, 1.165) is 5.92 Å². The van der Waals surface area contributed by atoms with Crippen LogP contribution in [0.4, 0.5) is 0 Å². The second kappa shape index (κ2) is 3.89. The molecular formula is C15H23N. The summed E-state index contributed by atoms with van der Waals surface area (Å²) < 4.78 is 0. The summed E-state index contributed by atoms with van der Waals surface area (Å²) in [5, 5.41) is 3.48. The molecule has 0 radical (unpaired) electrons. The Labute approximate surface area is 99.3 Å². The molecule has 1 heteroatoms. The molecule has 1 aliphatic rings. The van der Waals surface area contributed by atoms with Crippen molar-refractivity contribution in [1.29, 1.82) is 0 Å². The van der Waals surface area contributed by atoms with Crippen LogP contribution in [0.1, 0.15) is 43.0 Å². The molecule has 1 aromatic carbocycles. The molecule has 1 aliphatic carbocycles. The number of hydrogen-bond acceptors (Lipinski definition) is 1. The van der Waals surface area contributed by atoms with Crippen LogP contribution in [-0.4, -0.2) is 7.05 Å². The molecule has 16 heavy (non-hydrogen) atoms. The van der Waals surface area contributed by atoms with E-state index in [1.54, 1.807) is 0 Å². The Balaban J connectivity index is 2.24. The molecular weight excluding hydrogens is 194 g/mol. The lowest BCUT2D eigenvalue weighted by molar-refractivity contribution is 0.441. The van der Waals surface area contributed by atoms with Gasteiger partial charge in [0.25, 0.3) is 0 Å². The Bertz CT molecular complexity index is 392. The minimum Gasteiger partial charge on any atom is -0.313 e. The first-order valence-electron chi connectivity index (χ1n) is 6.20. The smallest absolute Gasteiger partial charge is 0.0351 e. The van der Waals surface area contributed by atoms with E-state index in [0.29, 0.717) is 11.5 Å². The summed E-state index contributed by atoms with van der Waals surface area (Å²) in [6, 6.07) is 7.38. The van der Waals surface area contributed by atoms with E-state index in [1.165, 1.54) is 23.1 Å². The zero-order valence-corrected chi connectivity index (χ0v) is 11.1. The Morgan fingerprint density at radius 2 is 1.88 bits per heavy atom. The maximum Gasteiger partial charge on any atom is 0.0351 e. The van der Waals surface area contributed by atoms with Crippen LogP contribution in [0.3, 0.4) is 0 Å². The number of benzene rings is 1. The molecule has 2 rings (SSSR count). The first kappa shape index (κ1) is 11.7. The van der Waals surface area contributed by atoms with E-state index in [4.69, 9.17) is 0 Å². The molecule has 0 bridgehead atoms. The van der Waals surface area contributed by atoms with Crippen molar-refractivity contribution in [3.05, 3.63) is 34.9 Å². The van der Waals surface area contributed by atoms with Gasteiger partial charge in [0, 0.05) is 6.04 Å². The van der Waals surface area contributed by atoms with Crippen LogP contribution < -0.4 is 5.32 Å². The van der Waals surface area contributed by atoms with Crippen molar-refractivity contribution >= 4 is 0 Å². The van der Waals surface area contributed by atoms with Gasteiger partial charge in [-0.2, -0.15) is 0 Å². The van der Waals surface area contributed by atoms with Crippen molar-refractivity contribution in [3.8, 4) is 0 Å². The molecule has 1 fully saturated rings. The standard InChI is InChI=1S/C15H23N/c1-10-6-7-12(8-11(10)2)14(16-5)13-9-15(13,3)4/h6-8,13-14,16H,9H2,1-5H3. The van der Waals surface area contributed by atoms with Crippen molar-refractivity contribution in [2.24, 2.45) is 11.3 Å². The molecule has 0 amide bonds. The normalized spacial score (nSPS) is 24.2. The highest BCUT2D eigenvalue weighted by molar-refractivity contribution is 5.33. The number of rotatable bonds is 3. The average molecular weight is 217 g/mol. The summed E-state index contributed by atoms with van der Waals surface area (Å²) in [5.74, 6) is 0.791. The van der Waals surface area contributed by atoms with Crippen LogP contribution >= 0.6 is 0 Å². The summed E-state index contributed by atoms with van der Waals surface area (Å²) in [6.07, 6.45) is 1.34. The van der Waals surface area contributed by atoms with Gasteiger partial charge in [0.05, 0.1) is 0 Å². The van der Waals surface area contributed by atoms with Crippen LogP contribution in [-0.2, 0) is 0 Å². The van der Waals surface area contributed by atoms with Crippen molar-refractivity contribution in [1.82, 2.24) is 5.32 Å². The van der Waals surface area contributed by atoms with Crippen molar-refractivity contribution in [2.45, 2.75) is 40.2 Å². The molecule has 0 saturated heterocycles. The minimum atomic E-state index is 0.520. The molecule has 1 saturated carbocycles. The maximum atomic E-state index is 3.48. The predicted octanol–water partition coefficient (Wildman–Crippen LogP) is 3.61. The highest BCUT2D eigenvalue weighted by Gasteiger charge is 2.49. The zero-order valence-electron chi connectivity index (χ0n) is 11.1. The summed E-state index contributed by atoms with van der Waals surface area (Å²) in [7, 11) is 2.08. The lowest BCUT2D eigenvalue weighted by atomic mass is 9.94. The number of aryl methyl sites for hydroxylation is 2. The molecule has 0 aliphatic heterocycles. The fraction of sp³-hybridized carbons (Fsp3) is 0.600. The maximum absolute atomic E-state index is 3.48. The van der Waals surface area contributed by atoms with Gasteiger partial charge in [-0.05, 0) is 55.3 Å². The fourth-order valence-electron chi connectivity index (χ4n) is 2.64. The highest BCUT2D eigenvalue weighted by atomic mass is 14.9. The van der Waals surface area contributed by atoms with Gasteiger partial charge in [-0.25, -0.2) is 0 Å². The molecule has 0 spiro atoms. The first-order chi connectivity index (χ1) is 7.45. The van der Waals surface area contributed by atoms with Crippen LogP contribution in [0.2, 0.25) is 0 Å². The largest absolute Gasteiger partial charge is 0.313 e. The van der Waals surface area contributed by atoms with Crippen molar-refractivity contribution < 1.29 is 0 Å². The fourth-order valence-corrected chi connectivity index (χ4v) is 2.64. The van der Waals surface area contributed by atoms with Gasteiger partial charge in [0.15, 0.2) is 0 Å². The summed E-state index contributed by atoms with van der Waals surface area (Å²) >= 11 is 0. The molecule has 1 N–H and O–H groups in total. The van der Waals surface area contributed by atoms with E-state index < -0.39 is 0 Å². The van der Waals surface area contributed by atoms with Crippen molar-refractivity contribution in [2.75, 3.05) is 7.05 Å². The molecule has 2 atom stereocenters. The Morgan fingerprint density at radius 1 is 1.25 bits per heavy atom. The monoisotopic (exact) mass is 217 g/mol. The predicted molar refractivity (Wildman–Crippen MR) is 69.6 cm³/mol. The summed E-state index contributed by atoms with van der Waals surface area (Å²) in [4.78, 5) is 0. The van der Waals surface area contributed by atoms with E-state index in [1.807, 2.05) is 0 Å². The van der Waals surface area contributed by atoms with Crippen molar-refractivity contribution in [3.63, 3.8) is 0 Å². The Kier molecular flexibility index (Phi) is 2.83. The van der Waals surface area contributed by atoms with E-state index in [-0.39, 0.29) is 0 Å². The topological polar surface area (TPSA) is 12.0 Å².